The quantitative estimate of drug-likeness (QED) is 0.302. The van der Waals surface area contributed by atoms with Gasteiger partial charge in [-0.3, -0.25) is 0 Å². The van der Waals surface area contributed by atoms with Crippen molar-refractivity contribution in [3.63, 3.8) is 0 Å². The molecular weight excluding hydrogens is 177 g/mol. The fourth-order valence-electron chi connectivity index (χ4n) is 0. The fourth-order valence-corrected chi connectivity index (χ4v) is 0. The van der Waals surface area contributed by atoms with Gasteiger partial charge in [-0.2, -0.15) is 0 Å². The van der Waals surface area contributed by atoms with E-state index in [1.807, 2.05) is 0 Å². The predicted molar refractivity (Wildman–Crippen MR) is 35.5 cm³/mol. The Morgan fingerprint density at radius 1 is 1.44 bits per heavy atom. The molecule has 7 heteroatoms. The molecule has 0 unspecified atom stereocenters. The van der Waals surface area contributed by atoms with Gasteiger partial charge in [-0.25, -0.2) is 4.57 Å². The van der Waals surface area contributed by atoms with E-state index in [1.165, 1.54) is 31.6 Å². The van der Waals surface area contributed by atoms with Crippen molar-refractivity contribution in [1.29, 1.82) is 0 Å². The van der Waals surface area contributed by atoms with Gasteiger partial charge in [0, 0.05) is 0 Å². The van der Waals surface area contributed by atoms with Crippen LogP contribution in [0.25, 0.3) is 0 Å². The molecule has 3 N–H and O–H groups in total. The molecule has 0 aromatic carbocycles. The van der Waals surface area contributed by atoms with Crippen LogP contribution >= 0.6 is 19.4 Å². The molecule has 4 nitrogen and oxygen atoms in total. The summed E-state index contributed by atoms with van der Waals surface area (Å²) in [6.07, 6.45) is 0. The molecule has 0 spiro atoms. The van der Waals surface area contributed by atoms with Crippen LogP contribution in [0.3, 0.4) is 0 Å². The van der Waals surface area contributed by atoms with E-state index in [-0.39, 0.29) is 0 Å². The topological polar surface area (TPSA) is 77.8 Å². The monoisotopic (exact) mass is 184 g/mol. The second-order valence-electron chi connectivity index (χ2n) is 1.20. The molecule has 0 aliphatic rings. The Labute approximate surface area is 75.9 Å². The standard InChI is InChI=1S/C2H4Cl.Na.H3O4P/c1-2-3;;1-5(2,3)4/h1-2H2;;(H3,1,2,3,4). The Morgan fingerprint density at radius 2 is 1.56 bits per heavy atom. The first-order chi connectivity index (χ1) is 3.91. The summed E-state index contributed by atoms with van der Waals surface area (Å²) in [7, 11) is -4.64. The number of hydrogen-bond acceptors (Lipinski definition) is 1. The summed E-state index contributed by atoms with van der Waals surface area (Å²) in [5.41, 5.74) is 0. The van der Waals surface area contributed by atoms with E-state index in [0.29, 0.717) is 0 Å². The van der Waals surface area contributed by atoms with Crippen molar-refractivity contribution in [2.45, 2.75) is 3.67 Å². The van der Waals surface area contributed by atoms with E-state index in [4.69, 9.17) is 30.8 Å². The van der Waals surface area contributed by atoms with Gasteiger partial charge in [0.05, 0.1) is 0 Å². The summed E-state index contributed by atoms with van der Waals surface area (Å²) in [5.74, 6) is 0.853. The summed E-state index contributed by atoms with van der Waals surface area (Å²) < 4.78 is 10.1. The van der Waals surface area contributed by atoms with Gasteiger partial charge in [-0.1, -0.05) is 0 Å². The molecule has 0 heterocycles. The molecule has 0 atom stereocenters. The van der Waals surface area contributed by atoms with Gasteiger partial charge in [-0.15, -0.1) is 0 Å². The van der Waals surface area contributed by atoms with E-state index in [1.54, 1.807) is 0 Å². The maximum atomic E-state index is 8.88. The Hall–Kier alpha value is 1.40. The Balaban J connectivity index is 0. The fraction of sp³-hybridized carbons (Fsp3) is 1.00. The second kappa shape index (κ2) is 7.51. The summed E-state index contributed by atoms with van der Waals surface area (Å²) in [4.78, 5) is 21.6. The third-order valence-electron chi connectivity index (χ3n) is 0.189. The molecule has 9 heavy (non-hydrogen) atoms. The van der Waals surface area contributed by atoms with E-state index < -0.39 is 7.82 Å². The minimum atomic E-state index is -4.64. The van der Waals surface area contributed by atoms with E-state index in [0.717, 1.165) is 5.88 Å². The zero-order chi connectivity index (χ0) is 7.91. The van der Waals surface area contributed by atoms with Crippen LogP contribution in [-0.2, 0) is 4.57 Å². The zero-order valence-corrected chi connectivity index (χ0v) is 8.64. The molecule has 0 bridgehead atoms. The number of phosphoric acid groups is 1. The first-order valence-electron chi connectivity index (χ1n) is 2.26. The SMILES string of the molecule is O=P(O)(O)O.[Na][CH2]CCl. The summed E-state index contributed by atoms with van der Waals surface area (Å²) in [6.45, 7) is 0. The molecule has 0 aliphatic carbocycles. The molecule has 52 valence electrons. The van der Waals surface area contributed by atoms with Crippen molar-refractivity contribution in [2.75, 3.05) is 5.88 Å². The third-order valence-corrected chi connectivity index (χ3v) is 1.70. The van der Waals surface area contributed by atoms with E-state index in [2.05, 4.69) is 0 Å². The van der Waals surface area contributed by atoms with Crippen LogP contribution in [-0.4, -0.2) is 48.5 Å². The number of rotatable bonds is 1. The molecule has 0 saturated heterocycles. The summed E-state index contributed by atoms with van der Waals surface area (Å²) >= 11 is 6.48. The summed E-state index contributed by atoms with van der Waals surface area (Å²) in [5, 5.41) is 0. The Morgan fingerprint density at radius 3 is 1.56 bits per heavy atom. The molecule has 0 aliphatic heterocycles. The van der Waals surface area contributed by atoms with Gasteiger partial charge < -0.3 is 14.7 Å². The van der Waals surface area contributed by atoms with E-state index >= 15 is 0 Å². The zero-order valence-electron chi connectivity index (χ0n) is 4.99. The van der Waals surface area contributed by atoms with Crippen LogP contribution in [0.4, 0.5) is 0 Å². The van der Waals surface area contributed by atoms with Crippen LogP contribution in [0.2, 0.25) is 3.67 Å². The van der Waals surface area contributed by atoms with Crippen LogP contribution in [0.15, 0.2) is 0 Å². The van der Waals surface area contributed by atoms with Crippen molar-refractivity contribution >= 4 is 47.4 Å². The third kappa shape index (κ3) is 89.4. The average molecular weight is 184 g/mol. The van der Waals surface area contributed by atoms with Crippen LogP contribution in [0, 0.1) is 0 Å². The van der Waals surface area contributed by atoms with Crippen LogP contribution < -0.4 is 0 Å². The number of halogens is 1. The normalized spacial score (nSPS) is 10.0. The molecule has 0 aromatic rings. The Bertz CT molecular complexity index is 82.3. The molecule has 0 radical (unpaired) electrons. The number of hydrogen-bond donors (Lipinski definition) is 3. The van der Waals surface area contributed by atoms with E-state index in [9.17, 15) is 0 Å². The maximum absolute atomic E-state index is 8.88. The van der Waals surface area contributed by atoms with Gasteiger partial charge in [0.15, 0.2) is 0 Å². The van der Waals surface area contributed by atoms with Crippen LogP contribution in [0.5, 0.6) is 0 Å². The minimum absolute atomic E-state index is 0.853. The first-order valence-corrected chi connectivity index (χ1v) is 5.77. The molecule has 0 saturated carbocycles. The molecule has 0 amide bonds. The van der Waals surface area contributed by atoms with Crippen molar-refractivity contribution in [2.24, 2.45) is 0 Å². The van der Waals surface area contributed by atoms with Crippen molar-refractivity contribution in [3.05, 3.63) is 0 Å². The Kier molecular flexibility index (Phi) is 10.9. The van der Waals surface area contributed by atoms with Gasteiger partial charge >= 0.3 is 56.9 Å². The average Bonchev–Trinajstić information content (AvgIpc) is 1.61. The van der Waals surface area contributed by atoms with Gasteiger partial charge in [0.2, 0.25) is 0 Å². The molecular formula is C2H7ClNaO4P. The van der Waals surface area contributed by atoms with Crippen molar-refractivity contribution in [3.8, 4) is 0 Å². The second-order valence-corrected chi connectivity index (χ2v) is 3.61. The molecule has 0 rings (SSSR count). The van der Waals surface area contributed by atoms with Gasteiger partial charge in [-0.05, 0) is 0 Å². The number of alkyl halides is 1. The molecule has 0 fully saturated rings. The van der Waals surface area contributed by atoms with Crippen LogP contribution in [0.1, 0.15) is 0 Å². The first kappa shape index (κ1) is 13.0. The predicted octanol–water partition coefficient (Wildman–Crippen LogP) is -0.117. The summed E-state index contributed by atoms with van der Waals surface area (Å²) in [6, 6.07) is 0. The van der Waals surface area contributed by atoms with Crippen molar-refractivity contribution in [1.82, 2.24) is 0 Å². The van der Waals surface area contributed by atoms with Gasteiger partial charge in [0.25, 0.3) is 0 Å². The van der Waals surface area contributed by atoms with Gasteiger partial charge in [0.1, 0.15) is 0 Å². The van der Waals surface area contributed by atoms with Crippen molar-refractivity contribution < 1.29 is 19.2 Å². The molecule has 0 aromatic heterocycles.